The van der Waals surface area contributed by atoms with E-state index in [1.807, 2.05) is 0 Å². The van der Waals surface area contributed by atoms with Gasteiger partial charge in [0.05, 0.1) is 0 Å². The van der Waals surface area contributed by atoms with Crippen molar-refractivity contribution in [1.82, 2.24) is 0 Å². The van der Waals surface area contributed by atoms with Gasteiger partial charge in [0.2, 0.25) is 0 Å². The second-order valence-corrected chi connectivity index (χ2v) is 17.2. The number of carbonyl (C=O) groups is 3. The van der Waals surface area contributed by atoms with Crippen molar-refractivity contribution < 1.29 is 28.6 Å². The summed E-state index contributed by atoms with van der Waals surface area (Å²) < 4.78 is 16.7. The molecule has 0 aromatic rings. The predicted molar refractivity (Wildman–Crippen MR) is 233 cm³/mol. The quantitative estimate of drug-likeness (QED) is 0.0348. The zero-order valence-electron chi connectivity index (χ0n) is 37.4. The normalized spacial score (nSPS) is 11.9. The Morgan fingerprint density at radius 1 is 0.345 bits per heavy atom. The van der Waals surface area contributed by atoms with Crippen molar-refractivity contribution in [3.05, 3.63) is 0 Å². The van der Waals surface area contributed by atoms with Crippen molar-refractivity contribution in [2.24, 2.45) is 5.92 Å². The van der Waals surface area contributed by atoms with Crippen LogP contribution in [-0.4, -0.2) is 37.2 Å². The van der Waals surface area contributed by atoms with Crippen LogP contribution in [0.25, 0.3) is 0 Å². The maximum Gasteiger partial charge on any atom is 0.306 e. The molecule has 0 bridgehead atoms. The molecule has 1 atom stereocenters. The molecule has 0 aliphatic rings. The van der Waals surface area contributed by atoms with Crippen LogP contribution in [0.3, 0.4) is 0 Å². The summed E-state index contributed by atoms with van der Waals surface area (Å²) >= 11 is 0. The Morgan fingerprint density at radius 2 is 0.600 bits per heavy atom. The first kappa shape index (κ1) is 53.4. The Bertz CT molecular complexity index is 826. The van der Waals surface area contributed by atoms with Crippen LogP contribution in [0, 0.1) is 5.92 Å². The molecule has 0 fully saturated rings. The molecule has 0 spiro atoms. The highest BCUT2D eigenvalue weighted by Crippen LogP contribution is 2.17. The third-order valence-corrected chi connectivity index (χ3v) is 11.0. The van der Waals surface area contributed by atoms with Crippen LogP contribution in [0.5, 0.6) is 0 Å². The third kappa shape index (κ3) is 43.4. The number of hydrogen-bond donors (Lipinski definition) is 0. The van der Waals surface area contributed by atoms with E-state index in [9.17, 15) is 14.4 Å². The van der Waals surface area contributed by atoms with Gasteiger partial charge in [0, 0.05) is 19.3 Å². The van der Waals surface area contributed by atoms with Crippen molar-refractivity contribution in [3.8, 4) is 0 Å². The minimum absolute atomic E-state index is 0.0632. The van der Waals surface area contributed by atoms with E-state index < -0.39 is 6.10 Å². The Morgan fingerprint density at radius 3 is 0.891 bits per heavy atom. The molecule has 0 saturated heterocycles. The molecule has 326 valence electrons. The Kier molecular flexibility index (Phi) is 42.3. The van der Waals surface area contributed by atoms with Crippen LogP contribution in [-0.2, 0) is 28.6 Å². The van der Waals surface area contributed by atoms with Gasteiger partial charge < -0.3 is 14.2 Å². The first-order chi connectivity index (χ1) is 26.9. The SMILES string of the molecule is CCCCCCCCCCCCCCCC(=O)OC[C@H](COC(=O)CCCCCCCCCCC)OC(=O)CCCCCCCCCCCCCCC(C)C. The summed E-state index contributed by atoms with van der Waals surface area (Å²) in [7, 11) is 0. The standard InChI is InChI=1S/C49H94O6/c1-5-7-9-11-13-15-16-17-21-25-29-33-37-41-48(51)54-44-46(43-53-47(50)40-36-32-28-23-14-12-10-8-6-2)55-49(52)42-38-34-30-26-22-19-18-20-24-27-31-35-39-45(3)4/h45-46H,5-44H2,1-4H3/t46-/m0/s1. The maximum absolute atomic E-state index is 12.7. The number of ether oxygens (including phenoxy) is 3. The van der Waals surface area contributed by atoms with Crippen molar-refractivity contribution in [1.29, 1.82) is 0 Å². The molecule has 0 aromatic carbocycles. The van der Waals surface area contributed by atoms with Gasteiger partial charge in [0.15, 0.2) is 6.10 Å². The van der Waals surface area contributed by atoms with Gasteiger partial charge in [-0.2, -0.15) is 0 Å². The Labute approximate surface area is 342 Å². The first-order valence-electron chi connectivity index (χ1n) is 24.4. The van der Waals surface area contributed by atoms with Gasteiger partial charge in [0.1, 0.15) is 13.2 Å². The largest absolute Gasteiger partial charge is 0.462 e. The van der Waals surface area contributed by atoms with Crippen LogP contribution in [0.1, 0.15) is 272 Å². The highest BCUT2D eigenvalue weighted by molar-refractivity contribution is 5.71. The summed E-state index contributed by atoms with van der Waals surface area (Å²) in [5, 5.41) is 0. The van der Waals surface area contributed by atoms with Crippen molar-refractivity contribution in [3.63, 3.8) is 0 Å². The summed E-state index contributed by atoms with van der Waals surface area (Å²) in [6.07, 6.45) is 43.7. The summed E-state index contributed by atoms with van der Waals surface area (Å²) in [4.78, 5) is 37.8. The summed E-state index contributed by atoms with van der Waals surface area (Å²) in [6, 6.07) is 0. The number of carbonyl (C=O) groups excluding carboxylic acids is 3. The lowest BCUT2D eigenvalue weighted by molar-refractivity contribution is -0.167. The van der Waals surface area contributed by atoms with Gasteiger partial charge in [-0.1, -0.05) is 233 Å². The van der Waals surface area contributed by atoms with Gasteiger partial charge in [-0.05, 0) is 25.2 Å². The molecule has 0 amide bonds. The zero-order chi connectivity index (χ0) is 40.3. The summed E-state index contributed by atoms with van der Waals surface area (Å²) in [6.45, 7) is 9.00. The molecular weight excluding hydrogens is 685 g/mol. The van der Waals surface area contributed by atoms with E-state index in [2.05, 4.69) is 27.7 Å². The van der Waals surface area contributed by atoms with Crippen LogP contribution >= 0.6 is 0 Å². The van der Waals surface area contributed by atoms with Crippen molar-refractivity contribution in [2.45, 2.75) is 278 Å². The van der Waals surface area contributed by atoms with E-state index >= 15 is 0 Å². The highest BCUT2D eigenvalue weighted by Gasteiger charge is 2.19. The lowest BCUT2D eigenvalue weighted by Gasteiger charge is -2.18. The van der Waals surface area contributed by atoms with Crippen LogP contribution in [0.4, 0.5) is 0 Å². The fourth-order valence-corrected chi connectivity index (χ4v) is 7.33. The van der Waals surface area contributed by atoms with E-state index in [-0.39, 0.29) is 31.1 Å². The number of esters is 3. The van der Waals surface area contributed by atoms with E-state index in [1.54, 1.807) is 0 Å². The molecule has 6 nitrogen and oxygen atoms in total. The van der Waals surface area contributed by atoms with Crippen LogP contribution in [0.15, 0.2) is 0 Å². The van der Waals surface area contributed by atoms with Gasteiger partial charge in [-0.15, -0.1) is 0 Å². The Hall–Kier alpha value is -1.59. The van der Waals surface area contributed by atoms with E-state index in [0.717, 1.165) is 63.7 Å². The van der Waals surface area contributed by atoms with Crippen LogP contribution in [0.2, 0.25) is 0 Å². The first-order valence-corrected chi connectivity index (χ1v) is 24.4. The molecule has 0 saturated carbocycles. The number of unbranched alkanes of at least 4 members (excludes halogenated alkanes) is 31. The average molecular weight is 779 g/mol. The third-order valence-electron chi connectivity index (χ3n) is 11.0. The predicted octanol–water partition coefficient (Wildman–Crippen LogP) is 15.5. The fraction of sp³-hybridized carbons (Fsp3) is 0.939. The molecule has 0 aliphatic carbocycles. The number of rotatable bonds is 44. The van der Waals surface area contributed by atoms with Crippen LogP contribution < -0.4 is 0 Å². The Balaban J connectivity index is 4.29. The topological polar surface area (TPSA) is 78.9 Å². The molecule has 6 heteroatoms. The molecule has 55 heavy (non-hydrogen) atoms. The van der Waals surface area contributed by atoms with Gasteiger partial charge >= 0.3 is 17.9 Å². The minimum atomic E-state index is -0.759. The van der Waals surface area contributed by atoms with Gasteiger partial charge in [-0.25, -0.2) is 0 Å². The van der Waals surface area contributed by atoms with E-state index in [4.69, 9.17) is 14.2 Å². The molecular formula is C49H94O6. The maximum atomic E-state index is 12.7. The zero-order valence-corrected chi connectivity index (χ0v) is 37.4. The monoisotopic (exact) mass is 779 g/mol. The molecule has 0 N–H and O–H groups in total. The lowest BCUT2D eigenvalue weighted by Crippen LogP contribution is -2.30. The second-order valence-electron chi connectivity index (χ2n) is 17.2. The van der Waals surface area contributed by atoms with Crippen molar-refractivity contribution >= 4 is 17.9 Å². The summed E-state index contributed by atoms with van der Waals surface area (Å²) in [5.41, 5.74) is 0. The fourth-order valence-electron chi connectivity index (χ4n) is 7.33. The number of hydrogen-bond acceptors (Lipinski definition) is 6. The van der Waals surface area contributed by atoms with E-state index in [0.29, 0.717) is 19.3 Å². The minimum Gasteiger partial charge on any atom is -0.462 e. The summed E-state index contributed by atoms with van der Waals surface area (Å²) in [5.74, 6) is -0.0189. The highest BCUT2D eigenvalue weighted by atomic mass is 16.6. The molecule has 0 unspecified atom stereocenters. The molecule has 0 aromatic heterocycles. The molecule has 0 heterocycles. The smallest absolute Gasteiger partial charge is 0.306 e. The van der Waals surface area contributed by atoms with Crippen molar-refractivity contribution in [2.75, 3.05) is 13.2 Å². The van der Waals surface area contributed by atoms with Gasteiger partial charge in [-0.3, -0.25) is 14.4 Å². The average Bonchev–Trinajstić information content (AvgIpc) is 3.17. The second kappa shape index (κ2) is 43.5. The lowest BCUT2D eigenvalue weighted by atomic mass is 10.0. The molecule has 0 rings (SSSR count). The molecule has 0 aliphatic heterocycles. The molecule has 0 radical (unpaired) electrons. The van der Waals surface area contributed by atoms with Gasteiger partial charge in [0.25, 0.3) is 0 Å². The van der Waals surface area contributed by atoms with E-state index in [1.165, 1.54) is 167 Å².